The highest BCUT2D eigenvalue weighted by molar-refractivity contribution is 8.27. The average Bonchev–Trinajstić information content (AvgIpc) is 4.21. The SMILES string of the molecule is C=C1N=S(=O)(C(C)C)NC1C.C=S(C1=NCC(=O)N1)C(C)C.C=S(c1ccccc1O)C(C)C.C=S(c1cn[nH]n1)C(C)C.C=S(c1ncc[nH]1)C(C)C.C=S(c1ncn[nH]1)C(C)C.CC(C)S1(=O)=NC(=O)CN1. The molecule has 8 atom stereocenters. The van der Waals surface area contributed by atoms with Crippen molar-refractivity contribution in [2.24, 2.45) is 13.7 Å². The number of aromatic hydroxyl groups is 1. The Hall–Kier alpha value is -4.02. The summed E-state index contributed by atoms with van der Waals surface area (Å²) >= 11 is 0. The van der Waals surface area contributed by atoms with Crippen LogP contribution in [0.15, 0.2) is 95.4 Å². The molecule has 4 aromatic rings. The first kappa shape index (κ1) is 68.0. The summed E-state index contributed by atoms with van der Waals surface area (Å²) in [5, 5.41) is 35.2. The Morgan fingerprint density at radius 3 is 1.61 bits per heavy atom. The Morgan fingerprint density at radius 2 is 1.26 bits per heavy atom. The largest absolute Gasteiger partial charge is 0.507 e. The number of imidazole rings is 1. The van der Waals surface area contributed by atoms with Crippen LogP contribution in [0.25, 0.3) is 0 Å². The quantitative estimate of drug-likeness (QED) is 0.0700. The molecular formula is C48H84N14O5S7. The minimum absolute atomic E-state index is 0.00887. The minimum Gasteiger partial charge on any atom is -0.507 e. The third-order valence-corrected chi connectivity index (χ3v) is 24.2. The van der Waals surface area contributed by atoms with Crippen LogP contribution in [-0.2, 0) is 29.4 Å². The van der Waals surface area contributed by atoms with E-state index in [4.69, 9.17) is 0 Å². The summed E-state index contributed by atoms with van der Waals surface area (Å²) in [4.78, 5) is 37.5. The number of carbonyl (C=O) groups excluding carboxylic acids is 2. The predicted octanol–water partition coefficient (Wildman–Crippen LogP) is 9.06. The summed E-state index contributed by atoms with van der Waals surface area (Å²) < 4.78 is 36.2. The molecule has 26 heteroatoms. The van der Waals surface area contributed by atoms with E-state index >= 15 is 0 Å². The first-order valence-electron chi connectivity index (χ1n) is 23.6. The van der Waals surface area contributed by atoms with E-state index in [0.717, 1.165) is 25.4 Å². The molecule has 0 saturated carbocycles. The summed E-state index contributed by atoms with van der Waals surface area (Å²) in [6.45, 7) is 34.5. The van der Waals surface area contributed by atoms with Gasteiger partial charge in [0, 0.05) is 33.0 Å². The highest BCUT2D eigenvalue weighted by Crippen LogP contribution is 2.35. The number of aromatic amines is 3. The number of nitrogens with one attached hydrogen (secondary N) is 6. The lowest BCUT2D eigenvalue weighted by Gasteiger charge is -2.12. The lowest BCUT2D eigenvalue weighted by atomic mass is 10.3. The van der Waals surface area contributed by atoms with E-state index < -0.39 is 19.8 Å². The Morgan fingerprint density at radius 1 is 0.703 bits per heavy atom. The Balaban J connectivity index is 0.000000432. The first-order chi connectivity index (χ1) is 34.4. The van der Waals surface area contributed by atoms with Gasteiger partial charge in [0.25, 0.3) is 5.91 Å². The molecule has 6 heterocycles. The van der Waals surface area contributed by atoms with Crippen LogP contribution in [0.2, 0.25) is 0 Å². The Labute approximate surface area is 454 Å². The molecular weight excluding hydrogens is 1080 g/mol. The number of hydrogen-bond acceptors (Lipinski definition) is 12. The van der Waals surface area contributed by atoms with E-state index in [1.165, 1.54) is 6.33 Å². The summed E-state index contributed by atoms with van der Waals surface area (Å²) in [6, 6.07) is 7.47. The Kier molecular flexibility index (Phi) is 30.5. The number of rotatable bonds is 11. The topological polar surface area (TPSA) is 273 Å². The van der Waals surface area contributed by atoms with Gasteiger partial charge >= 0.3 is 0 Å². The van der Waals surface area contributed by atoms with Crippen LogP contribution in [0.4, 0.5) is 0 Å². The second-order valence-corrected chi connectivity index (χ2v) is 34.1. The third kappa shape index (κ3) is 23.5. The van der Waals surface area contributed by atoms with Crippen molar-refractivity contribution in [1.29, 1.82) is 0 Å². The smallest absolute Gasteiger partial charge is 0.269 e. The van der Waals surface area contributed by atoms with E-state index in [2.05, 4.69) is 174 Å². The van der Waals surface area contributed by atoms with E-state index in [1.54, 1.807) is 32.3 Å². The van der Waals surface area contributed by atoms with Gasteiger partial charge in [0.1, 0.15) is 43.5 Å². The van der Waals surface area contributed by atoms with Crippen molar-refractivity contribution in [2.45, 2.75) is 167 Å². The summed E-state index contributed by atoms with van der Waals surface area (Å²) in [5.41, 5.74) is 0.698. The molecule has 0 bridgehead atoms. The van der Waals surface area contributed by atoms with Crippen molar-refractivity contribution in [3.8, 4) is 5.75 Å². The number of hydrogen-bond donors (Lipinski definition) is 7. The first-order valence-corrected chi connectivity index (χ1v) is 34.0. The standard InChI is InChI=1S/C10H14OS.C7H12N2OS.C7H14N2OS.C7H12N2S.2C6H11N3S.C5H10N2O2S/c1-8(2)12(3)10-7-5-4-6-9(10)11;1-5(2)11(3)7-8-4-6(10)9-7;1-5(2)11(10)8-6(3)7(4)9-11;1-6(2)10(3)7-8-4-5-9-7;1-5(2)10(3)6-7-4-8-9-6;1-5(2)10(3)6-4-7-9-8-6;1-4(2)10(9)6-3-5(8)7-10/h4-8,11H,3H2,1-2H3;5H,3-4H2,1-2H3,(H,8,9,10);5,7H,3H2,1-2,4H3,(H,8,9,10);4-6H,3H2,1-2H3,(H,8,9);2*4-5H,3H2,1-2H3,(H,7,8,9);4H,3H2,1-2H3,(H,6,7,8,9). The molecule has 7 rings (SSSR count). The molecule has 0 fully saturated rings. The van der Waals surface area contributed by atoms with E-state index in [-0.39, 0.29) is 93.9 Å². The monoisotopic (exact) mass is 1160 g/mol. The van der Waals surface area contributed by atoms with Crippen molar-refractivity contribution in [2.75, 3.05) is 13.1 Å². The number of nitrogens with zero attached hydrogens (tertiary/aromatic N) is 8. The number of H-pyrrole nitrogens is 3. The molecule has 0 aliphatic carbocycles. The highest BCUT2D eigenvalue weighted by Gasteiger charge is 2.26. The van der Waals surface area contributed by atoms with Gasteiger partial charge in [0.05, 0.1) is 35.0 Å². The van der Waals surface area contributed by atoms with Gasteiger partial charge in [-0.2, -0.15) is 35.4 Å². The molecule has 0 saturated heterocycles. The van der Waals surface area contributed by atoms with Gasteiger partial charge in [-0.3, -0.25) is 19.7 Å². The molecule has 7 N–H and O–H groups in total. The molecule has 418 valence electrons. The number of aromatic nitrogens is 8. The Bertz CT molecular complexity index is 2670. The predicted molar refractivity (Wildman–Crippen MR) is 328 cm³/mol. The molecule has 0 radical (unpaired) electrons. The van der Waals surface area contributed by atoms with Gasteiger partial charge in [-0.15, -0.1) is 46.3 Å². The summed E-state index contributed by atoms with van der Waals surface area (Å²) in [6.07, 6.45) is 6.85. The van der Waals surface area contributed by atoms with E-state index in [1.807, 2.05) is 45.2 Å². The maximum Gasteiger partial charge on any atom is 0.269 e. The third-order valence-electron chi connectivity index (χ3n) is 9.92. The molecule has 74 heavy (non-hydrogen) atoms. The number of amides is 2. The number of para-hydroxylation sites is 1. The lowest BCUT2D eigenvalue weighted by Crippen LogP contribution is -2.31. The van der Waals surface area contributed by atoms with Crippen LogP contribution in [0, 0.1) is 0 Å². The average molecular weight is 1160 g/mol. The lowest BCUT2D eigenvalue weighted by molar-refractivity contribution is -0.118. The van der Waals surface area contributed by atoms with Crippen LogP contribution in [0.3, 0.4) is 0 Å². The van der Waals surface area contributed by atoms with Gasteiger partial charge in [-0.1, -0.05) is 117 Å². The van der Waals surface area contributed by atoms with Gasteiger partial charge in [-0.05, 0) is 57.3 Å². The molecule has 1 aromatic carbocycles. The van der Waals surface area contributed by atoms with Crippen LogP contribution in [0.1, 0.15) is 104 Å². The van der Waals surface area contributed by atoms with Gasteiger partial charge in [-0.25, -0.2) is 27.8 Å². The number of amidine groups is 1. The molecule has 3 aromatic heterocycles. The summed E-state index contributed by atoms with van der Waals surface area (Å²) in [7, 11) is -4.85. The van der Waals surface area contributed by atoms with Crippen LogP contribution >= 0.6 is 52.4 Å². The van der Waals surface area contributed by atoms with Gasteiger partial charge in [0.15, 0.2) is 15.5 Å². The molecule has 2 amide bonds. The number of aliphatic imine (C=N–C) groups is 1. The molecule has 8 unspecified atom stereocenters. The normalized spacial score (nSPS) is 20.8. The van der Waals surface area contributed by atoms with Crippen LogP contribution in [-0.4, -0.2) is 156 Å². The fourth-order valence-corrected chi connectivity index (χ4v) is 12.4. The number of benzene rings is 1. The highest BCUT2D eigenvalue weighted by atomic mass is 32.2. The van der Waals surface area contributed by atoms with Crippen molar-refractivity contribution < 1.29 is 23.1 Å². The second kappa shape index (κ2) is 33.2. The zero-order valence-corrected chi connectivity index (χ0v) is 51.6. The molecule has 19 nitrogen and oxygen atoms in total. The van der Waals surface area contributed by atoms with E-state index in [0.29, 0.717) is 37.7 Å². The summed E-state index contributed by atoms with van der Waals surface area (Å²) in [5.74, 6) is 20.0. The maximum absolute atomic E-state index is 11.8. The molecule has 3 aliphatic heterocycles. The number of phenolic OH excluding ortho intramolecular Hbond substituents is 1. The zero-order valence-electron chi connectivity index (χ0n) is 45.9. The number of phenols is 1. The fourth-order valence-electron chi connectivity index (χ4n) is 4.86. The van der Waals surface area contributed by atoms with Gasteiger partial charge in [0.2, 0.25) is 5.91 Å². The van der Waals surface area contributed by atoms with Crippen LogP contribution < -0.4 is 14.8 Å². The van der Waals surface area contributed by atoms with Crippen molar-refractivity contribution in [3.63, 3.8) is 0 Å². The minimum atomic E-state index is -2.39. The second-order valence-electron chi connectivity index (χ2n) is 18.0. The fraction of sp³-hybridized carbons (Fsp3) is 0.521. The van der Waals surface area contributed by atoms with Crippen molar-refractivity contribution in [1.82, 2.24) is 55.3 Å². The molecule has 0 spiro atoms. The van der Waals surface area contributed by atoms with Gasteiger partial charge < -0.3 is 15.4 Å². The zero-order chi connectivity index (χ0) is 56.7. The van der Waals surface area contributed by atoms with Crippen LogP contribution in [0.5, 0.6) is 5.75 Å². The van der Waals surface area contributed by atoms with Crippen molar-refractivity contribution >= 4 is 119 Å². The van der Waals surface area contributed by atoms with E-state index in [9.17, 15) is 23.1 Å². The number of carbonyl (C=O) groups is 2. The van der Waals surface area contributed by atoms with Crippen molar-refractivity contribution in [3.05, 3.63) is 61.5 Å². The molecule has 3 aliphatic rings. The maximum atomic E-state index is 11.8.